The van der Waals surface area contributed by atoms with E-state index in [2.05, 4.69) is 25.4 Å². The fraction of sp³-hybridized carbons (Fsp3) is 0.125. The summed E-state index contributed by atoms with van der Waals surface area (Å²) in [7, 11) is 0. The SMILES string of the molecule is FC(F)Oc1ccccc1-c1nnn[n-]1. The largest absolute Gasteiger partial charge is 0.434 e. The van der Waals surface area contributed by atoms with Crippen molar-refractivity contribution in [3.05, 3.63) is 24.3 Å². The lowest BCUT2D eigenvalue weighted by atomic mass is 10.2. The van der Waals surface area contributed by atoms with E-state index in [1.54, 1.807) is 18.2 Å². The molecule has 0 bridgehead atoms. The van der Waals surface area contributed by atoms with E-state index in [0.717, 1.165) is 0 Å². The first kappa shape index (κ1) is 9.50. The van der Waals surface area contributed by atoms with Crippen molar-refractivity contribution in [3.8, 4) is 17.1 Å². The zero-order valence-electron chi connectivity index (χ0n) is 7.34. The van der Waals surface area contributed by atoms with Gasteiger partial charge in [0.2, 0.25) is 0 Å². The zero-order chi connectivity index (χ0) is 10.7. The molecule has 0 fully saturated rings. The molecule has 0 N–H and O–H groups in total. The molecule has 0 saturated heterocycles. The summed E-state index contributed by atoms with van der Waals surface area (Å²) in [6.45, 7) is -2.89. The Morgan fingerprint density at radius 2 is 2.07 bits per heavy atom. The molecule has 15 heavy (non-hydrogen) atoms. The van der Waals surface area contributed by atoms with Gasteiger partial charge in [0.15, 0.2) is 0 Å². The maximum atomic E-state index is 12.0. The van der Waals surface area contributed by atoms with Crippen molar-refractivity contribution in [1.82, 2.24) is 20.6 Å². The van der Waals surface area contributed by atoms with E-state index in [4.69, 9.17) is 0 Å². The van der Waals surface area contributed by atoms with E-state index in [-0.39, 0.29) is 11.6 Å². The summed E-state index contributed by atoms with van der Waals surface area (Å²) >= 11 is 0. The average molecular weight is 211 g/mol. The molecule has 1 aromatic heterocycles. The number of ether oxygens (including phenoxy) is 1. The predicted octanol–water partition coefficient (Wildman–Crippen LogP) is 1.10. The number of hydrogen-bond acceptors (Lipinski definition) is 4. The number of rotatable bonds is 3. The number of hydrogen-bond donors (Lipinski definition) is 0. The van der Waals surface area contributed by atoms with Gasteiger partial charge in [-0.2, -0.15) is 14.0 Å². The monoisotopic (exact) mass is 211 g/mol. The summed E-state index contributed by atoms with van der Waals surface area (Å²) in [4.78, 5) is 0. The second-order valence-electron chi connectivity index (χ2n) is 2.58. The molecule has 0 aliphatic heterocycles. The molecule has 0 spiro atoms. The Hall–Kier alpha value is -2.05. The minimum Gasteiger partial charge on any atom is -0.434 e. The molecule has 2 aromatic rings. The Morgan fingerprint density at radius 1 is 1.27 bits per heavy atom. The summed E-state index contributed by atoms with van der Waals surface area (Å²) < 4.78 is 28.4. The van der Waals surface area contributed by atoms with E-state index in [0.29, 0.717) is 5.56 Å². The number of alkyl halides is 2. The van der Waals surface area contributed by atoms with E-state index in [1.165, 1.54) is 6.07 Å². The van der Waals surface area contributed by atoms with Crippen LogP contribution in [-0.4, -0.2) is 22.1 Å². The standard InChI is InChI=1S/C8H5F2N4O/c9-8(10)15-6-4-2-1-3-5(6)7-11-13-14-12-7/h1-4,8H/q-1. The van der Waals surface area contributed by atoms with Gasteiger partial charge < -0.3 is 9.84 Å². The Labute approximate surface area is 83.1 Å². The fourth-order valence-electron chi connectivity index (χ4n) is 1.10. The molecule has 0 unspecified atom stereocenters. The number of halogens is 2. The van der Waals surface area contributed by atoms with Gasteiger partial charge in [0.1, 0.15) is 5.75 Å². The molecule has 0 aliphatic carbocycles. The number of aromatic nitrogens is 4. The van der Waals surface area contributed by atoms with Gasteiger partial charge in [0.05, 0.1) is 0 Å². The second kappa shape index (κ2) is 3.99. The molecule has 0 atom stereocenters. The first-order valence-corrected chi connectivity index (χ1v) is 4.00. The average Bonchev–Trinajstić information content (AvgIpc) is 2.70. The number of para-hydroxylation sites is 1. The van der Waals surface area contributed by atoms with Crippen molar-refractivity contribution < 1.29 is 13.5 Å². The van der Waals surface area contributed by atoms with Gasteiger partial charge in [-0.25, -0.2) is 0 Å². The van der Waals surface area contributed by atoms with Crippen LogP contribution < -0.4 is 9.84 Å². The predicted molar refractivity (Wildman–Crippen MR) is 45.2 cm³/mol. The molecule has 1 aromatic carbocycles. The summed E-state index contributed by atoms with van der Waals surface area (Å²) in [5, 5.41) is 13.6. The van der Waals surface area contributed by atoms with Gasteiger partial charge in [0, 0.05) is 11.4 Å². The number of benzene rings is 1. The van der Waals surface area contributed by atoms with Crippen LogP contribution in [0.3, 0.4) is 0 Å². The molecule has 5 nitrogen and oxygen atoms in total. The highest BCUT2D eigenvalue weighted by atomic mass is 19.3. The van der Waals surface area contributed by atoms with Gasteiger partial charge in [0.25, 0.3) is 0 Å². The highest BCUT2D eigenvalue weighted by Gasteiger charge is 2.09. The molecule has 2 rings (SSSR count). The molecule has 78 valence electrons. The number of nitrogens with zero attached hydrogens (tertiary/aromatic N) is 4. The minimum absolute atomic E-state index is 0.00213. The third kappa shape index (κ3) is 2.06. The minimum atomic E-state index is -2.89. The Morgan fingerprint density at radius 3 is 2.73 bits per heavy atom. The van der Waals surface area contributed by atoms with Crippen LogP contribution in [0.15, 0.2) is 24.3 Å². The van der Waals surface area contributed by atoms with Gasteiger partial charge in [-0.1, -0.05) is 18.2 Å². The van der Waals surface area contributed by atoms with Crippen LogP contribution in [0.25, 0.3) is 11.4 Å². The van der Waals surface area contributed by atoms with E-state index in [9.17, 15) is 8.78 Å². The topological polar surface area (TPSA) is 62.0 Å². The first-order chi connectivity index (χ1) is 7.27. The highest BCUT2D eigenvalue weighted by Crippen LogP contribution is 2.27. The quantitative estimate of drug-likeness (QED) is 0.760. The van der Waals surface area contributed by atoms with E-state index < -0.39 is 6.61 Å². The first-order valence-electron chi connectivity index (χ1n) is 4.00. The van der Waals surface area contributed by atoms with Crippen molar-refractivity contribution in [2.24, 2.45) is 0 Å². The van der Waals surface area contributed by atoms with Gasteiger partial charge in [-0.15, -0.1) is 0 Å². The van der Waals surface area contributed by atoms with Crippen LogP contribution in [0.1, 0.15) is 0 Å². The van der Waals surface area contributed by atoms with Crippen molar-refractivity contribution in [2.75, 3.05) is 0 Å². The zero-order valence-corrected chi connectivity index (χ0v) is 7.34. The molecule has 7 heteroatoms. The Balaban J connectivity index is 2.38. The van der Waals surface area contributed by atoms with Crippen molar-refractivity contribution >= 4 is 0 Å². The number of tetrazole rings is 1. The summed E-state index contributed by atoms with van der Waals surface area (Å²) in [6, 6.07) is 6.18. The normalized spacial score (nSPS) is 10.6. The summed E-state index contributed by atoms with van der Waals surface area (Å²) in [6.07, 6.45) is 0. The lowest BCUT2D eigenvalue weighted by molar-refractivity contribution is -0.0494. The van der Waals surface area contributed by atoms with Crippen molar-refractivity contribution in [2.45, 2.75) is 6.61 Å². The van der Waals surface area contributed by atoms with Crippen molar-refractivity contribution in [3.63, 3.8) is 0 Å². The molecule has 0 saturated carbocycles. The molecule has 0 radical (unpaired) electrons. The molecule has 0 aliphatic rings. The van der Waals surface area contributed by atoms with Crippen molar-refractivity contribution in [1.29, 1.82) is 0 Å². The maximum absolute atomic E-state index is 12.0. The smallest absolute Gasteiger partial charge is 0.387 e. The van der Waals surface area contributed by atoms with Gasteiger partial charge in [-0.3, -0.25) is 10.3 Å². The second-order valence-corrected chi connectivity index (χ2v) is 2.58. The van der Waals surface area contributed by atoms with Gasteiger partial charge >= 0.3 is 6.61 Å². The van der Waals surface area contributed by atoms with E-state index >= 15 is 0 Å². The third-order valence-electron chi connectivity index (χ3n) is 1.66. The van der Waals surface area contributed by atoms with Crippen LogP contribution in [0, 0.1) is 0 Å². The lowest BCUT2D eigenvalue weighted by Crippen LogP contribution is -2.03. The Kier molecular flexibility index (Phi) is 2.53. The molecular weight excluding hydrogens is 206 g/mol. The van der Waals surface area contributed by atoms with Crippen LogP contribution in [0.4, 0.5) is 8.78 Å². The third-order valence-corrected chi connectivity index (χ3v) is 1.66. The van der Waals surface area contributed by atoms with Crippen LogP contribution >= 0.6 is 0 Å². The van der Waals surface area contributed by atoms with E-state index in [1.807, 2.05) is 0 Å². The Bertz CT molecular complexity index is 432. The maximum Gasteiger partial charge on any atom is 0.387 e. The highest BCUT2D eigenvalue weighted by molar-refractivity contribution is 5.62. The van der Waals surface area contributed by atoms with Crippen LogP contribution in [0.2, 0.25) is 0 Å². The summed E-state index contributed by atoms with van der Waals surface area (Å²) in [5.74, 6) is 0.161. The summed E-state index contributed by atoms with van der Waals surface area (Å²) in [5.41, 5.74) is 0.336. The van der Waals surface area contributed by atoms with Crippen LogP contribution in [0.5, 0.6) is 5.75 Å². The molecule has 0 amide bonds. The molecule has 1 heterocycles. The van der Waals surface area contributed by atoms with Crippen LogP contribution in [-0.2, 0) is 0 Å². The fourth-order valence-corrected chi connectivity index (χ4v) is 1.10. The van der Waals surface area contributed by atoms with Gasteiger partial charge in [-0.05, 0) is 6.07 Å². The lowest BCUT2D eigenvalue weighted by Gasteiger charge is -2.09. The molecular formula is C8H5F2N4O-.